The number of carbonyl (C=O) groups is 2. The predicted octanol–water partition coefficient (Wildman–Crippen LogP) is 4.30. The largest absolute Gasteiger partial charge is 0.342 e. The van der Waals surface area contributed by atoms with Crippen LogP contribution in [0.25, 0.3) is 0 Å². The van der Waals surface area contributed by atoms with Gasteiger partial charge in [0.15, 0.2) is 11.0 Å². The smallest absolute Gasteiger partial charge is 0.251 e. The highest BCUT2D eigenvalue weighted by Crippen LogP contribution is 2.22. The van der Waals surface area contributed by atoms with E-state index in [1.807, 2.05) is 61.7 Å². The molecule has 1 atom stereocenters. The average Bonchev–Trinajstić information content (AvgIpc) is 3.18. The maximum atomic E-state index is 12.5. The second-order valence-electron chi connectivity index (χ2n) is 7.46. The summed E-state index contributed by atoms with van der Waals surface area (Å²) in [6.07, 6.45) is 1.73. The van der Waals surface area contributed by atoms with Crippen molar-refractivity contribution < 1.29 is 9.59 Å². The van der Waals surface area contributed by atoms with Crippen LogP contribution in [0.5, 0.6) is 0 Å². The maximum Gasteiger partial charge on any atom is 0.251 e. The molecule has 7 nitrogen and oxygen atoms in total. The predicted molar refractivity (Wildman–Crippen MR) is 128 cm³/mol. The van der Waals surface area contributed by atoms with Crippen LogP contribution in [-0.2, 0) is 11.3 Å². The Hall–Kier alpha value is -3.39. The van der Waals surface area contributed by atoms with Crippen molar-refractivity contribution in [3.63, 3.8) is 0 Å². The van der Waals surface area contributed by atoms with Gasteiger partial charge in [-0.1, -0.05) is 48.2 Å². The van der Waals surface area contributed by atoms with Crippen molar-refractivity contribution in [1.82, 2.24) is 20.1 Å². The molecule has 0 saturated heterocycles. The zero-order valence-corrected chi connectivity index (χ0v) is 19.3. The molecule has 8 heteroatoms. The number of benzene rings is 2. The van der Waals surface area contributed by atoms with Crippen LogP contribution in [0.3, 0.4) is 0 Å². The first-order chi connectivity index (χ1) is 15.4. The molecule has 0 saturated carbocycles. The molecule has 0 spiro atoms. The number of hydrogen-bond donors (Lipinski definition) is 2. The van der Waals surface area contributed by atoms with Gasteiger partial charge in [-0.15, -0.1) is 16.8 Å². The number of thioether (sulfide) groups is 1. The van der Waals surface area contributed by atoms with Gasteiger partial charge < -0.3 is 15.2 Å². The van der Waals surface area contributed by atoms with Crippen molar-refractivity contribution in [2.24, 2.45) is 0 Å². The second kappa shape index (κ2) is 10.8. The molecule has 1 heterocycles. The summed E-state index contributed by atoms with van der Waals surface area (Å²) in [4.78, 5) is 25.0. The van der Waals surface area contributed by atoms with Crippen LogP contribution in [0.2, 0.25) is 0 Å². The van der Waals surface area contributed by atoms with Crippen molar-refractivity contribution in [2.45, 2.75) is 38.5 Å². The molecule has 0 unspecified atom stereocenters. The van der Waals surface area contributed by atoms with E-state index in [0.29, 0.717) is 23.1 Å². The Balaban J connectivity index is 1.67. The molecule has 166 valence electrons. The van der Waals surface area contributed by atoms with Gasteiger partial charge in [-0.3, -0.25) is 9.59 Å². The third kappa shape index (κ3) is 5.85. The number of aromatic nitrogens is 3. The highest BCUT2D eigenvalue weighted by molar-refractivity contribution is 7.99. The van der Waals surface area contributed by atoms with Crippen molar-refractivity contribution in [1.29, 1.82) is 0 Å². The number of rotatable bonds is 9. The van der Waals surface area contributed by atoms with E-state index >= 15 is 0 Å². The second-order valence-corrected chi connectivity index (χ2v) is 8.40. The van der Waals surface area contributed by atoms with Crippen molar-refractivity contribution in [3.05, 3.63) is 83.7 Å². The lowest BCUT2D eigenvalue weighted by molar-refractivity contribution is -0.113. The number of allylic oxidation sites excluding steroid dienone is 1. The summed E-state index contributed by atoms with van der Waals surface area (Å²) in [5.74, 6) is 0.483. The number of aryl methyl sites for hydroxylation is 2. The summed E-state index contributed by atoms with van der Waals surface area (Å²) in [5.41, 5.74) is 3.47. The van der Waals surface area contributed by atoms with Crippen LogP contribution < -0.4 is 10.6 Å². The van der Waals surface area contributed by atoms with Gasteiger partial charge in [0, 0.05) is 17.8 Å². The van der Waals surface area contributed by atoms with Gasteiger partial charge in [-0.05, 0) is 50.1 Å². The van der Waals surface area contributed by atoms with Crippen LogP contribution in [-0.4, -0.2) is 32.3 Å². The summed E-state index contributed by atoms with van der Waals surface area (Å²) in [7, 11) is 0. The van der Waals surface area contributed by atoms with E-state index < -0.39 is 0 Å². The van der Waals surface area contributed by atoms with Gasteiger partial charge in [0.05, 0.1) is 11.8 Å². The average molecular weight is 450 g/mol. The van der Waals surface area contributed by atoms with E-state index in [0.717, 1.165) is 16.8 Å². The number of nitrogens with zero attached hydrogens (tertiary/aromatic N) is 3. The Morgan fingerprint density at radius 3 is 2.62 bits per heavy atom. The van der Waals surface area contributed by atoms with Crippen molar-refractivity contribution in [2.75, 3.05) is 11.1 Å². The summed E-state index contributed by atoms with van der Waals surface area (Å²) in [5, 5.41) is 15.0. The number of hydrogen-bond acceptors (Lipinski definition) is 5. The molecule has 0 fully saturated rings. The molecule has 2 aromatic carbocycles. The molecule has 0 aliphatic heterocycles. The van der Waals surface area contributed by atoms with Gasteiger partial charge in [-0.2, -0.15) is 0 Å². The SMILES string of the molecule is C=CCn1c(SCC(=O)Nc2cc(C)ccc2C)nnc1[C@@H](C)NC(=O)c1ccccc1. The quantitative estimate of drug-likeness (QED) is 0.376. The van der Waals surface area contributed by atoms with E-state index in [1.54, 1.807) is 18.2 Å². The summed E-state index contributed by atoms with van der Waals surface area (Å²) < 4.78 is 1.86. The minimum absolute atomic E-state index is 0.121. The van der Waals surface area contributed by atoms with Crippen LogP contribution in [0.15, 0.2) is 66.3 Å². The van der Waals surface area contributed by atoms with E-state index in [1.165, 1.54) is 11.8 Å². The lowest BCUT2D eigenvalue weighted by atomic mass is 10.1. The highest BCUT2D eigenvalue weighted by atomic mass is 32.2. The molecule has 2 N–H and O–H groups in total. The number of carbonyl (C=O) groups excluding carboxylic acids is 2. The Bertz CT molecular complexity index is 1110. The van der Waals surface area contributed by atoms with Crippen LogP contribution in [0, 0.1) is 13.8 Å². The van der Waals surface area contributed by atoms with Crippen molar-refractivity contribution >= 4 is 29.3 Å². The van der Waals surface area contributed by atoms with Crippen LogP contribution in [0.1, 0.15) is 40.3 Å². The maximum absolute atomic E-state index is 12.5. The Kier molecular flexibility index (Phi) is 7.83. The van der Waals surface area contributed by atoms with E-state index in [4.69, 9.17) is 0 Å². The monoisotopic (exact) mass is 449 g/mol. The fourth-order valence-corrected chi connectivity index (χ4v) is 3.90. The number of nitrogens with one attached hydrogen (secondary N) is 2. The summed E-state index contributed by atoms with van der Waals surface area (Å²) in [6.45, 7) is 10.1. The molecule has 3 aromatic rings. The Morgan fingerprint density at radius 2 is 1.91 bits per heavy atom. The lowest BCUT2D eigenvalue weighted by Crippen LogP contribution is -2.28. The molecule has 32 heavy (non-hydrogen) atoms. The van der Waals surface area contributed by atoms with Gasteiger partial charge >= 0.3 is 0 Å². The standard InChI is InChI=1S/C24H27N5O2S/c1-5-13-29-22(18(4)25-23(31)19-9-7-6-8-10-19)27-28-24(29)32-15-21(30)26-20-14-16(2)11-12-17(20)3/h5-12,14,18H,1,13,15H2,2-4H3,(H,25,31)(H,26,30)/t18-/m1/s1. The van der Waals surface area contributed by atoms with Crippen molar-refractivity contribution in [3.8, 4) is 0 Å². The first-order valence-electron chi connectivity index (χ1n) is 10.3. The normalized spacial score (nSPS) is 11.6. The first kappa shape index (κ1) is 23.3. The molecule has 2 amide bonds. The molecule has 0 aliphatic rings. The number of anilines is 1. The molecule has 0 bridgehead atoms. The van der Waals surface area contributed by atoms with E-state index in [-0.39, 0.29) is 23.6 Å². The third-order valence-electron chi connectivity index (χ3n) is 4.83. The zero-order valence-electron chi connectivity index (χ0n) is 18.5. The van der Waals surface area contributed by atoms with Gasteiger partial charge in [-0.25, -0.2) is 0 Å². The molecule has 3 rings (SSSR count). The molecular formula is C24H27N5O2S. The molecule has 0 radical (unpaired) electrons. The lowest BCUT2D eigenvalue weighted by Gasteiger charge is -2.15. The molecule has 0 aliphatic carbocycles. The highest BCUT2D eigenvalue weighted by Gasteiger charge is 2.20. The fourth-order valence-electron chi connectivity index (χ4n) is 3.15. The minimum atomic E-state index is -0.367. The van der Waals surface area contributed by atoms with Gasteiger partial charge in [0.2, 0.25) is 5.91 Å². The zero-order chi connectivity index (χ0) is 23.1. The molecule has 1 aromatic heterocycles. The van der Waals surface area contributed by atoms with E-state index in [9.17, 15) is 9.59 Å². The minimum Gasteiger partial charge on any atom is -0.342 e. The van der Waals surface area contributed by atoms with Crippen LogP contribution in [0.4, 0.5) is 5.69 Å². The van der Waals surface area contributed by atoms with E-state index in [2.05, 4.69) is 27.4 Å². The molecular weight excluding hydrogens is 422 g/mol. The van der Waals surface area contributed by atoms with Crippen LogP contribution >= 0.6 is 11.8 Å². The first-order valence-corrected chi connectivity index (χ1v) is 11.3. The summed E-state index contributed by atoms with van der Waals surface area (Å²) in [6, 6.07) is 14.6. The summed E-state index contributed by atoms with van der Waals surface area (Å²) >= 11 is 1.29. The fraction of sp³-hybridized carbons (Fsp3) is 0.250. The topological polar surface area (TPSA) is 88.9 Å². The Labute approximate surface area is 192 Å². The van der Waals surface area contributed by atoms with Gasteiger partial charge in [0.1, 0.15) is 0 Å². The number of amides is 2. The van der Waals surface area contributed by atoms with Gasteiger partial charge in [0.25, 0.3) is 5.91 Å². The Morgan fingerprint density at radius 1 is 1.16 bits per heavy atom. The third-order valence-corrected chi connectivity index (χ3v) is 5.79.